The number of likely N-dealkylation sites (N-methyl/N-ethyl adjacent to an activating group) is 1. The Labute approximate surface area is 213 Å². The van der Waals surface area contributed by atoms with Crippen LogP contribution >= 0.6 is 0 Å². The standard InChI is InChI=1S/C27H25N9O/c1-18-32-27(24(17-37)34(18)3)6-8-35(9-7-27)25-5-4-19(12-29-25)23-10-20(22-14-30-33(2)15-22)16-36-26(23)21(11-28)13-31-36/h4-5,10,12-16H,6-9H2,1-3H3. The zero-order valence-electron chi connectivity index (χ0n) is 20.9. The Morgan fingerprint density at radius 1 is 1.00 bits per heavy atom. The number of carbonyl (C=O) groups excluding carboxylic acids is 1. The number of hydrogen-bond acceptors (Lipinski definition) is 8. The molecule has 6 rings (SSSR count). The van der Waals surface area contributed by atoms with Crippen LogP contribution in [0.25, 0.3) is 27.8 Å². The Morgan fingerprint density at radius 2 is 1.81 bits per heavy atom. The lowest BCUT2D eigenvalue weighted by molar-refractivity contribution is 0.367. The molecule has 0 unspecified atom stereocenters. The number of fused-ring (bicyclic) bond motifs is 1. The van der Waals surface area contributed by atoms with E-state index >= 15 is 0 Å². The Bertz CT molecular complexity index is 1640. The van der Waals surface area contributed by atoms with Crippen LogP contribution in [0.1, 0.15) is 25.3 Å². The van der Waals surface area contributed by atoms with Gasteiger partial charge in [-0.1, -0.05) is 0 Å². The van der Waals surface area contributed by atoms with Gasteiger partial charge in [0, 0.05) is 68.0 Å². The zero-order chi connectivity index (χ0) is 25.7. The molecule has 0 N–H and O–H groups in total. The van der Waals surface area contributed by atoms with Gasteiger partial charge in [-0.05, 0) is 38.0 Å². The van der Waals surface area contributed by atoms with Gasteiger partial charge in [0.1, 0.15) is 34.9 Å². The third kappa shape index (κ3) is 3.60. The van der Waals surface area contributed by atoms with Gasteiger partial charge in [-0.15, -0.1) is 0 Å². The molecule has 0 aliphatic carbocycles. The fraction of sp³-hybridized carbons (Fsp3) is 0.296. The Balaban J connectivity index is 1.31. The lowest BCUT2D eigenvalue weighted by Crippen LogP contribution is -2.45. The highest BCUT2D eigenvalue weighted by molar-refractivity contribution is 5.89. The summed E-state index contributed by atoms with van der Waals surface area (Å²) in [5.74, 6) is 3.86. The van der Waals surface area contributed by atoms with Crippen molar-refractivity contribution in [2.75, 3.05) is 25.0 Å². The van der Waals surface area contributed by atoms with Crippen LogP contribution in [0.3, 0.4) is 0 Å². The molecule has 2 aliphatic heterocycles. The van der Waals surface area contributed by atoms with E-state index in [1.165, 1.54) is 0 Å². The summed E-state index contributed by atoms with van der Waals surface area (Å²) in [5.41, 5.74) is 5.09. The summed E-state index contributed by atoms with van der Waals surface area (Å²) in [4.78, 5) is 25.3. The molecule has 10 heteroatoms. The first-order valence-electron chi connectivity index (χ1n) is 12.1. The van der Waals surface area contributed by atoms with E-state index in [9.17, 15) is 10.1 Å². The van der Waals surface area contributed by atoms with E-state index in [2.05, 4.69) is 33.2 Å². The summed E-state index contributed by atoms with van der Waals surface area (Å²) >= 11 is 0. The second-order valence-electron chi connectivity index (χ2n) is 9.60. The van der Waals surface area contributed by atoms with Gasteiger partial charge in [0.2, 0.25) is 0 Å². The van der Waals surface area contributed by atoms with Gasteiger partial charge in [-0.3, -0.25) is 9.67 Å². The van der Waals surface area contributed by atoms with Crippen LogP contribution in [0.2, 0.25) is 0 Å². The summed E-state index contributed by atoms with van der Waals surface area (Å²) in [6, 6.07) is 8.35. The molecule has 0 radical (unpaired) electrons. The van der Waals surface area contributed by atoms with Crippen molar-refractivity contribution >= 4 is 23.1 Å². The number of nitrogens with zero attached hydrogens (tertiary/aromatic N) is 9. The van der Waals surface area contributed by atoms with Crippen LogP contribution in [0, 0.1) is 11.3 Å². The number of hydrogen-bond donors (Lipinski definition) is 0. The van der Waals surface area contributed by atoms with Crippen molar-refractivity contribution < 1.29 is 4.79 Å². The van der Waals surface area contributed by atoms with E-state index in [1.54, 1.807) is 15.4 Å². The molecule has 1 spiro atoms. The minimum Gasteiger partial charge on any atom is -0.356 e. The predicted molar refractivity (Wildman–Crippen MR) is 140 cm³/mol. The largest absolute Gasteiger partial charge is 0.356 e. The van der Waals surface area contributed by atoms with Gasteiger partial charge in [-0.2, -0.15) is 15.5 Å². The topological polar surface area (TPSA) is 108 Å². The number of aromatic nitrogens is 5. The minimum absolute atomic E-state index is 0.481. The molecule has 6 heterocycles. The summed E-state index contributed by atoms with van der Waals surface area (Å²) in [6.45, 7) is 3.41. The fourth-order valence-corrected chi connectivity index (χ4v) is 5.41. The van der Waals surface area contributed by atoms with Crippen LogP contribution in [-0.4, -0.2) is 66.7 Å². The number of piperidine rings is 1. The summed E-state index contributed by atoms with van der Waals surface area (Å²) in [6.07, 6.45) is 10.6. The number of amidine groups is 1. The molecular formula is C27H25N9O. The van der Waals surface area contributed by atoms with Gasteiger partial charge in [-0.25, -0.2) is 14.3 Å². The second-order valence-corrected chi connectivity index (χ2v) is 9.60. The van der Waals surface area contributed by atoms with Gasteiger partial charge in [0.05, 0.1) is 23.5 Å². The van der Waals surface area contributed by atoms with E-state index in [0.29, 0.717) is 11.3 Å². The van der Waals surface area contributed by atoms with Crippen molar-refractivity contribution in [2.24, 2.45) is 12.0 Å². The molecule has 0 amide bonds. The zero-order valence-corrected chi connectivity index (χ0v) is 20.9. The van der Waals surface area contributed by atoms with Crippen LogP contribution < -0.4 is 4.90 Å². The quantitative estimate of drug-likeness (QED) is 0.405. The van der Waals surface area contributed by atoms with Crippen molar-refractivity contribution in [2.45, 2.75) is 25.3 Å². The van der Waals surface area contributed by atoms with Crippen molar-refractivity contribution in [3.63, 3.8) is 0 Å². The molecule has 2 aliphatic rings. The van der Waals surface area contributed by atoms with Crippen molar-refractivity contribution in [3.8, 4) is 28.3 Å². The molecule has 37 heavy (non-hydrogen) atoms. The lowest BCUT2D eigenvalue weighted by atomic mass is 9.85. The number of nitriles is 1. The highest BCUT2D eigenvalue weighted by atomic mass is 16.1. The fourth-order valence-electron chi connectivity index (χ4n) is 5.41. The van der Waals surface area contributed by atoms with Crippen LogP contribution in [0.15, 0.2) is 59.9 Å². The van der Waals surface area contributed by atoms with E-state index in [4.69, 9.17) is 9.98 Å². The molecule has 184 valence electrons. The molecule has 0 aromatic carbocycles. The van der Waals surface area contributed by atoms with Crippen molar-refractivity contribution in [1.82, 2.24) is 29.3 Å². The van der Waals surface area contributed by atoms with Gasteiger partial charge in [0.25, 0.3) is 0 Å². The van der Waals surface area contributed by atoms with E-state index in [0.717, 1.165) is 65.4 Å². The molecule has 0 saturated carbocycles. The first kappa shape index (κ1) is 22.7. The van der Waals surface area contributed by atoms with Gasteiger partial charge >= 0.3 is 0 Å². The van der Waals surface area contributed by atoms with Crippen molar-refractivity contribution in [1.29, 1.82) is 5.26 Å². The Hall–Kier alpha value is -4.74. The number of aliphatic imine (C=N–C) groups is 1. The van der Waals surface area contributed by atoms with E-state index < -0.39 is 5.54 Å². The lowest BCUT2D eigenvalue weighted by Gasteiger charge is -2.38. The summed E-state index contributed by atoms with van der Waals surface area (Å²) < 4.78 is 3.50. The predicted octanol–water partition coefficient (Wildman–Crippen LogP) is 3.09. The van der Waals surface area contributed by atoms with Crippen LogP contribution in [-0.2, 0) is 11.8 Å². The average molecular weight is 492 g/mol. The van der Waals surface area contributed by atoms with Gasteiger partial charge < -0.3 is 9.80 Å². The van der Waals surface area contributed by atoms with Crippen LogP contribution in [0.5, 0.6) is 0 Å². The molecular weight excluding hydrogens is 466 g/mol. The number of pyridine rings is 2. The molecule has 10 nitrogen and oxygen atoms in total. The maximum absolute atomic E-state index is 11.7. The normalized spacial score (nSPS) is 16.8. The molecule has 0 bridgehead atoms. The number of aryl methyl sites for hydroxylation is 1. The Kier molecular flexibility index (Phi) is 5.18. The molecule has 1 fully saturated rings. The molecule has 4 aromatic heterocycles. The molecule has 4 aromatic rings. The number of anilines is 1. The molecule has 0 atom stereocenters. The highest BCUT2D eigenvalue weighted by Gasteiger charge is 2.45. The Morgan fingerprint density at radius 3 is 2.46 bits per heavy atom. The molecule has 1 saturated heterocycles. The third-order valence-electron chi connectivity index (χ3n) is 7.48. The summed E-state index contributed by atoms with van der Waals surface area (Å²) in [7, 11) is 3.75. The van der Waals surface area contributed by atoms with E-state index in [1.807, 2.05) is 62.8 Å². The highest BCUT2D eigenvalue weighted by Crippen LogP contribution is 2.39. The number of rotatable bonds is 3. The maximum Gasteiger partial charge on any atom is 0.148 e. The minimum atomic E-state index is -0.481. The first-order valence-corrected chi connectivity index (χ1v) is 12.1. The third-order valence-corrected chi connectivity index (χ3v) is 7.48. The van der Waals surface area contributed by atoms with Crippen LogP contribution in [0.4, 0.5) is 5.82 Å². The second kappa shape index (κ2) is 8.43. The maximum atomic E-state index is 11.7. The average Bonchev–Trinajstić information content (AvgIpc) is 3.60. The van der Waals surface area contributed by atoms with Crippen molar-refractivity contribution in [3.05, 3.63) is 60.4 Å². The smallest absolute Gasteiger partial charge is 0.148 e. The summed E-state index contributed by atoms with van der Waals surface area (Å²) in [5, 5.41) is 18.4. The SMILES string of the molecule is CC1=NC2(CCN(c3ccc(-c4cc(-c5cnn(C)c5)cn5ncc(C#N)c45)cn3)CC2)C(=C=O)N1C. The monoisotopic (exact) mass is 491 g/mol. The first-order chi connectivity index (χ1) is 17.9. The van der Waals surface area contributed by atoms with E-state index in [-0.39, 0.29) is 0 Å². The van der Waals surface area contributed by atoms with Gasteiger partial charge in [0.15, 0.2) is 0 Å².